The molecule has 0 bridgehead atoms. The molecular weight excluding hydrogens is 254 g/mol. The first-order valence-electron chi connectivity index (χ1n) is 6.94. The highest BCUT2D eigenvalue weighted by Gasteiger charge is 2.27. The number of carbonyl (C=O) groups excluding carboxylic acids is 1. The lowest BCUT2D eigenvalue weighted by Crippen LogP contribution is -2.48. The van der Waals surface area contributed by atoms with Gasteiger partial charge in [0.25, 0.3) is 0 Å². The van der Waals surface area contributed by atoms with Gasteiger partial charge in [0, 0.05) is 24.5 Å². The van der Waals surface area contributed by atoms with Crippen LogP contribution in [0, 0.1) is 5.41 Å². The molecule has 0 radical (unpaired) electrons. The largest absolute Gasteiger partial charge is 0.399 e. The van der Waals surface area contributed by atoms with Crippen LogP contribution in [0.15, 0.2) is 24.3 Å². The summed E-state index contributed by atoms with van der Waals surface area (Å²) in [5.41, 5.74) is 7.15. The summed E-state index contributed by atoms with van der Waals surface area (Å²) < 4.78 is 0. The molecule has 0 saturated carbocycles. The summed E-state index contributed by atoms with van der Waals surface area (Å²) in [6.07, 6.45) is 0. The zero-order valence-corrected chi connectivity index (χ0v) is 12.4. The summed E-state index contributed by atoms with van der Waals surface area (Å²) in [6, 6.07) is 7.85. The number of anilines is 2. The van der Waals surface area contributed by atoms with E-state index in [4.69, 9.17) is 10.6 Å². The molecule has 0 amide bonds. The average Bonchev–Trinajstić information content (AvgIpc) is 2.39. The second kappa shape index (κ2) is 5.71. The molecule has 5 heteroatoms. The maximum absolute atomic E-state index is 11.8. The van der Waals surface area contributed by atoms with Gasteiger partial charge >= 0.3 is 5.97 Å². The van der Waals surface area contributed by atoms with Gasteiger partial charge in [0.05, 0.1) is 18.5 Å². The Bertz CT molecular complexity index is 457. The molecule has 0 atom stereocenters. The van der Waals surface area contributed by atoms with E-state index in [1.807, 2.05) is 45.0 Å². The zero-order chi connectivity index (χ0) is 14.8. The van der Waals surface area contributed by atoms with E-state index >= 15 is 0 Å². The third kappa shape index (κ3) is 3.63. The summed E-state index contributed by atoms with van der Waals surface area (Å²) in [5, 5.41) is 1.75. The number of piperazine rings is 1. The van der Waals surface area contributed by atoms with Crippen LogP contribution in [-0.4, -0.2) is 37.2 Å². The summed E-state index contributed by atoms with van der Waals surface area (Å²) in [7, 11) is 0. The van der Waals surface area contributed by atoms with Crippen molar-refractivity contribution in [3.8, 4) is 0 Å². The number of nitrogens with two attached hydrogens (primary N) is 1. The monoisotopic (exact) mass is 277 g/mol. The van der Waals surface area contributed by atoms with Crippen molar-refractivity contribution >= 4 is 17.3 Å². The lowest BCUT2D eigenvalue weighted by molar-refractivity contribution is -0.201. The van der Waals surface area contributed by atoms with Crippen LogP contribution in [-0.2, 0) is 9.63 Å². The van der Waals surface area contributed by atoms with E-state index in [0.29, 0.717) is 13.1 Å². The molecule has 1 aromatic carbocycles. The first kappa shape index (κ1) is 14.7. The fraction of sp³-hybridized carbons (Fsp3) is 0.533. The summed E-state index contributed by atoms with van der Waals surface area (Å²) in [6.45, 7) is 8.68. The van der Waals surface area contributed by atoms with E-state index in [1.165, 1.54) is 0 Å². The molecular formula is C15H23N3O2. The van der Waals surface area contributed by atoms with Gasteiger partial charge in [-0.2, -0.15) is 0 Å². The standard InChI is InChI=1S/C15H23N3O2/c1-15(2,3)14(19)20-18-10-8-17(9-11-18)13-6-4-12(16)5-7-13/h4-7H,8-11,16H2,1-3H3. The van der Waals surface area contributed by atoms with Crippen LogP contribution in [0.5, 0.6) is 0 Å². The average molecular weight is 277 g/mol. The van der Waals surface area contributed by atoms with E-state index in [2.05, 4.69) is 4.90 Å². The minimum Gasteiger partial charge on any atom is -0.399 e. The molecule has 1 aliphatic heterocycles. The Morgan fingerprint density at radius 2 is 1.65 bits per heavy atom. The summed E-state index contributed by atoms with van der Waals surface area (Å²) in [4.78, 5) is 19.5. The first-order valence-corrected chi connectivity index (χ1v) is 6.94. The Morgan fingerprint density at radius 3 is 2.15 bits per heavy atom. The van der Waals surface area contributed by atoms with Crippen LogP contribution in [0.4, 0.5) is 11.4 Å². The second-order valence-corrected chi connectivity index (χ2v) is 6.14. The molecule has 1 fully saturated rings. The van der Waals surface area contributed by atoms with Gasteiger partial charge in [0.15, 0.2) is 0 Å². The van der Waals surface area contributed by atoms with E-state index in [9.17, 15) is 4.79 Å². The molecule has 2 rings (SSSR count). The van der Waals surface area contributed by atoms with E-state index in [0.717, 1.165) is 24.5 Å². The lowest BCUT2D eigenvalue weighted by atomic mass is 9.98. The SMILES string of the molecule is CC(C)(C)C(=O)ON1CCN(c2ccc(N)cc2)CC1. The zero-order valence-electron chi connectivity index (χ0n) is 12.4. The Hall–Kier alpha value is -1.75. The summed E-state index contributed by atoms with van der Waals surface area (Å²) in [5.74, 6) is -0.182. The van der Waals surface area contributed by atoms with E-state index in [-0.39, 0.29) is 5.97 Å². The number of benzene rings is 1. The van der Waals surface area contributed by atoms with Crippen molar-refractivity contribution in [2.75, 3.05) is 36.8 Å². The van der Waals surface area contributed by atoms with E-state index in [1.54, 1.807) is 5.06 Å². The van der Waals surface area contributed by atoms with Gasteiger partial charge in [-0.15, -0.1) is 5.06 Å². The van der Waals surface area contributed by atoms with Gasteiger partial charge in [-0.05, 0) is 45.0 Å². The third-order valence-electron chi connectivity index (χ3n) is 3.32. The Balaban J connectivity index is 1.86. The molecule has 1 saturated heterocycles. The van der Waals surface area contributed by atoms with Gasteiger partial charge in [-0.3, -0.25) is 0 Å². The van der Waals surface area contributed by atoms with Gasteiger partial charge < -0.3 is 15.5 Å². The number of hydrogen-bond acceptors (Lipinski definition) is 5. The normalized spacial score (nSPS) is 17.1. The van der Waals surface area contributed by atoms with Crippen LogP contribution in [0.25, 0.3) is 0 Å². The Kier molecular flexibility index (Phi) is 4.18. The molecule has 1 aliphatic rings. The predicted molar refractivity (Wildman–Crippen MR) is 80.2 cm³/mol. The van der Waals surface area contributed by atoms with Crippen LogP contribution < -0.4 is 10.6 Å². The number of carbonyl (C=O) groups is 1. The molecule has 1 heterocycles. The number of hydroxylamine groups is 2. The Labute approximate surface area is 120 Å². The lowest BCUT2D eigenvalue weighted by Gasteiger charge is -2.35. The molecule has 0 unspecified atom stereocenters. The van der Waals surface area contributed by atoms with Crippen molar-refractivity contribution < 1.29 is 9.63 Å². The smallest absolute Gasteiger partial charge is 0.330 e. The van der Waals surface area contributed by atoms with E-state index < -0.39 is 5.41 Å². The molecule has 0 spiro atoms. The highest BCUT2D eigenvalue weighted by Crippen LogP contribution is 2.20. The molecule has 1 aromatic rings. The molecule has 0 aliphatic carbocycles. The second-order valence-electron chi connectivity index (χ2n) is 6.14. The minimum absolute atomic E-state index is 0.182. The molecule has 5 nitrogen and oxygen atoms in total. The molecule has 2 N–H and O–H groups in total. The third-order valence-corrected chi connectivity index (χ3v) is 3.32. The van der Waals surface area contributed by atoms with Crippen molar-refractivity contribution in [1.29, 1.82) is 0 Å². The fourth-order valence-electron chi connectivity index (χ4n) is 1.98. The maximum atomic E-state index is 11.8. The molecule has 20 heavy (non-hydrogen) atoms. The predicted octanol–water partition coefficient (Wildman–Crippen LogP) is 1.90. The summed E-state index contributed by atoms with van der Waals surface area (Å²) >= 11 is 0. The van der Waals surface area contributed by atoms with Gasteiger partial charge in [0.2, 0.25) is 0 Å². The van der Waals surface area contributed by atoms with Crippen LogP contribution in [0.1, 0.15) is 20.8 Å². The van der Waals surface area contributed by atoms with Gasteiger partial charge in [-0.1, -0.05) is 0 Å². The van der Waals surface area contributed by atoms with Crippen LogP contribution in [0.3, 0.4) is 0 Å². The number of hydrogen-bond donors (Lipinski definition) is 1. The number of nitrogen functional groups attached to an aromatic ring is 1. The van der Waals surface area contributed by atoms with Crippen molar-refractivity contribution in [3.63, 3.8) is 0 Å². The minimum atomic E-state index is -0.464. The fourth-order valence-corrected chi connectivity index (χ4v) is 1.98. The highest BCUT2D eigenvalue weighted by molar-refractivity contribution is 5.75. The highest BCUT2D eigenvalue weighted by atomic mass is 16.7. The van der Waals surface area contributed by atoms with Crippen LogP contribution in [0.2, 0.25) is 0 Å². The number of nitrogens with zero attached hydrogens (tertiary/aromatic N) is 2. The quantitative estimate of drug-likeness (QED) is 0.837. The Morgan fingerprint density at radius 1 is 1.10 bits per heavy atom. The first-order chi connectivity index (χ1) is 9.36. The van der Waals surface area contributed by atoms with Crippen molar-refractivity contribution in [2.24, 2.45) is 5.41 Å². The van der Waals surface area contributed by atoms with Gasteiger partial charge in [0.1, 0.15) is 0 Å². The molecule has 0 aromatic heterocycles. The topological polar surface area (TPSA) is 58.8 Å². The van der Waals surface area contributed by atoms with Crippen LogP contribution >= 0.6 is 0 Å². The maximum Gasteiger partial charge on any atom is 0.330 e. The molecule has 110 valence electrons. The van der Waals surface area contributed by atoms with Crippen molar-refractivity contribution in [2.45, 2.75) is 20.8 Å². The van der Waals surface area contributed by atoms with Crippen molar-refractivity contribution in [1.82, 2.24) is 5.06 Å². The number of rotatable bonds is 2. The van der Waals surface area contributed by atoms with Gasteiger partial charge in [-0.25, -0.2) is 4.79 Å². The van der Waals surface area contributed by atoms with Crippen molar-refractivity contribution in [3.05, 3.63) is 24.3 Å².